The van der Waals surface area contributed by atoms with Crippen molar-refractivity contribution in [2.45, 2.75) is 18.8 Å². The Morgan fingerprint density at radius 2 is 1.86 bits per heavy atom. The number of hydrogen-bond donors (Lipinski definition) is 0. The Kier molecular flexibility index (Phi) is 3.80. The Bertz CT molecular complexity index is 656. The average Bonchev–Trinajstić information content (AvgIpc) is 2.76. The second kappa shape index (κ2) is 5.46. The second-order valence-corrected chi connectivity index (χ2v) is 6.52. The van der Waals surface area contributed by atoms with Crippen LogP contribution in [-0.4, -0.2) is 53.7 Å². The van der Waals surface area contributed by atoms with E-state index in [1.54, 1.807) is 0 Å². The van der Waals surface area contributed by atoms with Crippen LogP contribution >= 0.6 is 11.6 Å². The fraction of sp³-hybridized carbons (Fsp3) is 0.600. The quantitative estimate of drug-likeness (QED) is 0.799. The summed E-state index contributed by atoms with van der Waals surface area (Å²) >= 11 is 6.17. The number of rotatable bonds is 2. The third-order valence-corrected chi connectivity index (χ3v) is 4.56. The summed E-state index contributed by atoms with van der Waals surface area (Å²) in [6.07, 6.45) is 2.32. The molecule has 0 radical (unpaired) electrons. The molecule has 0 amide bonds. The zero-order valence-electron chi connectivity index (χ0n) is 13.1. The number of imidazole rings is 1. The Morgan fingerprint density at radius 1 is 1.19 bits per heavy atom. The highest BCUT2D eigenvalue weighted by Crippen LogP contribution is 2.32. The van der Waals surface area contributed by atoms with Crippen LogP contribution in [0.15, 0.2) is 6.07 Å². The lowest BCUT2D eigenvalue weighted by Crippen LogP contribution is -2.30. The molecule has 0 spiro atoms. The van der Waals surface area contributed by atoms with Gasteiger partial charge in [-0.05, 0) is 33.0 Å². The maximum Gasteiger partial charge on any atom is 0.158 e. The van der Waals surface area contributed by atoms with E-state index in [2.05, 4.69) is 28.5 Å². The number of aryl methyl sites for hydroxylation is 1. The molecule has 1 aliphatic rings. The first-order valence-electron chi connectivity index (χ1n) is 7.36. The molecule has 0 unspecified atom stereocenters. The standard InChI is InChI=1S/C15H22ClN5/c1-19(2)15-13-11(9-12(16)17-15)21(4)14(18-13)10-5-7-20(3)8-6-10/h9-10H,5-8H2,1-4H3. The lowest BCUT2D eigenvalue weighted by molar-refractivity contribution is 0.250. The van der Waals surface area contributed by atoms with Crippen LogP contribution in [0.25, 0.3) is 11.0 Å². The van der Waals surface area contributed by atoms with Crippen LogP contribution < -0.4 is 4.90 Å². The number of anilines is 1. The summed E-state index contributed by atoms with van der Waals surface area (Å²) in [4.78, 5) is 13.7. The first kappa shape index (κ1) is 14.6. The number of likely N-dealkylation sites (tertiary alicyclic amines) is 1. The van der Waals surface area contributed by atoms with Gasteiger partial charge < -0.3 is 14.4 Å². The normalized spacial score (nSPS) is 17.6. The van der Waals surface area contributed by atoms with E-state index in [0.29, 0.717) is 11.1 Å². The summed E-state index contributed by atoms with van der Waals surface area (Å²) in [5.74, 6) is 2.52. The summed E-state index contributed by atoms with van der Waals surface area (Å²) in [7, 11) is 8.21. The molecular weight excluding hydrogens is 286 g/mol. The molecule has 2 aromatic rings. The van der Waals surface area contributed by atoms with E-state index >= 15 is 0 Å². The summed E-state index contributed by atoms with van der Waals surface area (Å²) in [6.45, 7) is 2.26. The van der Waals surface area contributed by atoms with Gasteiger partial charge in [-0.3, -0.25) is 0 Å². The van der Waals surface area contributed by atoms with Gasteiger partial charge in [-0.1, -0.05) is 11.6 Å². The van der Waals surface area contributed by atoms with Crippen molar-refractivity contribution < 1.29 is 0 Å². The van der Waals surface area contributed by atoms with E-state index < -0.39 is 0 Å². The Balaban J connectivity index is 2.09. The van der Waals surface area contributed by atoms with Crippen molar-refractivity contribution in [2.75, 3.05) is 39.1 Å². The number of hydrogen-bond acceptors (Lipinski definition) is 4. The lowest BCUT2D eigenvalue weighted by atomic mass is 9.96. The highest BCUT2D eigenvalue weighted by molar-refractivity contribution is 6.30. The molecule has 0 aliphatic carbocycles. The van der Waals surface area contributed by atoms with Crippen LogP contribution in [0.2, 0.25) is 5.15 Å². The van der Waals surface area contributed by atoms with Gasteiger partial charge in [-0.2, -0.15) is 0 Å². The largest absolute Gasteiger partial charge is 0.361 e. The van der Waals surface area contributed by atoms with Crippen molar-refractivity contribution >= 4 is 28.5 Å². The molecule has 2 aromatic heterocycles. The van der Waals surface area contributed by atoms with Crippen LogP contribution in [-0.2, 0) is 7.05 Å². The number of fused-ring (bicyclic) bond motifs is 1. The van der Waals surface area contributed by atoms with Crippen molar-refractivity contribution in [3.05, 3.63) is 17.0 Å². The summed E-state index contributed by atoms with van der Waals surface area (Å²) in [6, 6.07) is 1.91. The lowest BCUT2D eigenvalue weighted by Gasteiger charge is -2.28. The number of piperidine rings is 1. The van der Waals surface area contributed by atoms with Crippen molar-refractivity contribution in [3.8, 4) is 0 Å². The minimum atomic E-state index is 0.518. The van der Waals surface area contributed by atoms with Gasteiger partial charge in [0.2, 0.25) is 0 Å². The molecule has 21 heavy (non-hydrogen) atoms. The minimum absolute atomic E-state index is 0.518. The highest BCUT2D eigenvalue weighted by atomic mass is 35.5. The molecule has 3 rings (SSSR count). The van der Waals surface area contributed by atoms with Crippen LogP contribution in [0, 0.1) is 0 Å². The van der Waals surface area contributed by atoms with Gasteiger partial charge in [0.15, 0.2) is 5.82 Å². The topological polar surface area (TPSA) is 37.2 Å². The van der Waals surface area contributed by atoms with E-state index in [0.717, 1.165) is 48.6 Å². The molecule has 0 bridgehead atoms. The Morgan fingerprint density at radius 3 is 2.48 bits per heavy atom. The van der Waals surface area contributed by atoms with E-state index in [1.807, 2.05) is 25.1 Å². The van der Waals surface area contributed by atoms with Crippen molar-refractivity contribution in [2.24, 2.45) is 7.05 Å². The molecule has 1 saturated heterocycles. The van der Waals surface area contributed by atoms with Gasteiger partial charge in [0.1, 0.15) is 16.5 Å². The Hall–Kier alpha value is -1.33. The number of pyridine rings is 1. The predicted octanol–water partition coefficient (Wildman–Crippen LogP) is 2.50. The predicted molar refractivity (Wildman–Crippen MR) is 87.3 cm³/mol. The van der Waals surface area contributed by atoms with Gasteiger partial charge in [0.25, 0.3) is 0 Å². The van der Waals surface area contributed by atoms with E-state index in [-0.39, 0.29) is 0 Å². The van der Waals surface area contributed by atoms with Gasteiger partial charge in [-0.15, -0.1) is 0 Å². The van der Waals surface area contributed by atoms with Crippen LogP contribution in [0.4, 0.5) is 5.82 Å². The first-order chi connectivity index (χ1) is 9.97. The maximum atomic E-state index is 6.17. The van der Waals surface area contributed by atoms with Gasteiger partial charge >= 0.3 is 0 Å². The SMILES string of the molecule is CN1CCC(c2nc3c(N(C)C)nc(Cl)cc3n2C)CC1. The zero-order chi connectivity index (χ0) is 15.1. The van der Waals surface area contributed by atoms with E-state index in [1.165, 1.54) is 0 Å². The number of aromatic nitrogens is 3. The molecule has 0 aromatic carbocycles. The summed E-state index contributed by atoms with van der Waals surface area (Å²) < 4.78 is 2.19. The summed E-state index contributed by atoms with van der Waals surface area (Å²) in [5, 5.41) is 0.518. The van der Waals surface area contributed by atoms with Crippen molar-refractivity contribution in [3.63, 3.8) is 0 Å². The smallest absolute Gasteiger partial charge is 0.158 e. The van der Waals surface area contributed by atoms with Crippen LogP contribution in [0.3, 0.4) is 0 Å². The molecule has 1 aliphatic heterocycles. The van der Waals surface area contributed by atoms with Crippen LogP contribution in [0.5, 0.6) is 0 Å². The van der Waals surface area contributed by atoms with E-state index in [9.17, 15) is 0 Å². The van der Waals surface area contributed by atoms with Crippen molar-refractivity contribution in [1.29, 1.82) is 0 Å². The van der Waals surface area contributed by atoms with Gasteiger partial charge in [0.05, 0.1) is 5.52 Å². The molecule has 5 nitrogen and oxygen atoms in total. The fourth-order valence-corrected chi connectivity index (χ4v) is 3.29. The second-order valence-electron chi connectivity index (χ2n) is 6.14. The van der Waals surface area contributed by atoms with Crippen LogP contribution in [0.1, 0.15) is 24.6 Å². The first-order valence-corrected chi connectivity index (χ1v) is 7.74. The monoisotopic (exact) mass is 307 g/mol. The molecule has 0 saturated carbocycles. The van der Waals surface area contributed by atoms with Gasteiger partial charge in [-0.25, -0.2) is 9.97 Å². The molecule has 0 N–H and O–H groups in total. The molecule has 0 atom stereocenters. The summed E-state index contributed by atoms with van der Waals surface area (Å²) in [5.41, 5.74) is 2.01. The third kappa shape index (κ3) is 2.60. The number of nitrogens with zero attached hydrogens (tertiary/aromatic N) is 5. The minimum Gasteiger partial charge on any atom is -0.361 e. The third-order valence-electron chi connectivity index (χ3n) is 4.36. The van der Waals surface area contributed by atoms with E-state index in [4.69, 9.17) is 16.6 Å². The Labute approximate surface area is 130 Å². The molecule has 114 valence electrons. The fourth-order valence-electron chi connectivity index (χ4n) is 3.10. The molecule has 1 fully saturated rings. The van der Waals surface area contributed by atoms with Crippen molar-refractivity contribution in [1.82, 2.24) is 19.4 Å². The molecular formula is C15H22ClN5. The molecule has 3 heterocycles. The zero-order valence-corrected chi connectivity index (χ0v) is 13.9. The highest BCUT2D eigenvalue weighted by Gasteiger charge is 2.24. The number of halogens is 1. The average molecular weight is 308 g/mol. The maximum absolute atomic E-state index is 6.17. The molecule has 6 heteroatoms. The van der Waals surface area contributed by atoms with Gasteiger partial charge in [0, 0.05) is 33.1 Å².